The van der Waals surface area contributed by atoms with Crippen molar-refractivity contribution in [2.75, 3.05) is 19.6 Å². The normalized spacial score (nSPS) is 18.5. The fraction of sp³-hybridized carbons (Fsp3) is 0.500. The second-order valence-corrected chi connectivity index (χ2v) is 6.26. The highest BCUT2D eigenvalue weighted by molar-refractivity contribution is 5.94. The smallest absolute Gasteiger partial charge is 0.251 e. The van der Waals surface area contributed by atoms with Crippen LogP contribution in [0.5, 0.6) is 0 Å². The average molecular weight is 314 g/mol. The van der Waals surface area contributed by atoms with Crippen molar-refractivity contribution in [3.8, 4) is 5.69 Å². The van der Waals surface area contributed by atoms with Gasteiger partial charge >= 0.3 is 0 Å². The van der Waals surface area contributed by atoms with Crippen LogP contribution in [0.3, 0.4) is 0 Å². The standard InChI is InChI=1S/C16H22N6O/c1-12(2)21-7-6-13(10-21)9-17-16(23)14-4-3-5-15(8-14)22-11-18-19-20-22/h3-5,8,11-13H,6-7,9-10H2,1-2H3,(H,17,23). The molecule has 1 atom stereocenters. The highest BCUT2D eigenvalue weighted by Crippen LogP contribution is 2.18. The summed E-state index contributed by atoms with van der Waals surface area (Å²) >= 11 is 0. The number of benzene rings is 1. The first kappa shape index (κ1) is 15.6. The van der Waals surface area contributed by atoms with Gasteiger partial charge in [0.2, 0.25) is 0 Å². The molecule has 0 bridgehead atoms. The quantitative estimate of drug-likeness (QED) is 0.895. The Balaban J connectivity index is 1.58. The molecule has 3 rings (SSSR count). The van der Waals surface area contributed by atoms with Gasteiger partial charge < -0.3 is 10.2 Å². The van der Waals surface area contributed by atoms with Crippen LogP contribution in [0.1, 0.15) is 30.6 Å². The molecule has 1 amide bonds. The summed E-state index contributed by atoms with van der Waals surface area (Å²) in [6, 6.07) is 7.87. The van der Waals surface area contributed by atoms with Gasteiger partial charge in [0, 0.05) is 24.7 Å². The molecule has 1 aromatic heterocycles. The Morgan fingerprint density at radius 1 is 1.43 bits per heavy atom. The molecule has 23 heavy (non-hydrogen) atoms. The van der Waals surface area contributed by atoms with Crippen molar-refractivity contribution in [3.63, 3.8) is 0 Å². The Bertz CT molecular complexity index is 654. The van der Waals surface area contributed by atoms with E-state index in [4.69, 9.17) is 0 Å². The summed E-state index contributed by atoms with van der Waals surface area (Å²) in [5, 5.41) is 14.1. The Hall–Kier alpha value is -2.28. The zero-order valence-electron chi connectivity index (χ0n) is 13.5. The van der Waals surface area contributed by atoms with Crippen LogP contribution in [0.15, 0.2) is 30.6 Å². The highest BCUT2D eigenvalue weighted by Gasteiger charge is 2.24. The van der Waals surface area contributed by atoms with Crippen LogP contribution in [-0.4, -0.2) is 56.7 Å². The molecular formula is C16H22N6O. The number of aromatic nitrogens is 4. The molecule has 2 aromatic rings. The SMILES string of the molecule is CC(C)N1CCC(CNC(=O)c2cccc(-n3cnnn3)c2)C1. The molecule has 0 spiro atoms. The number of rotatable bonds is 5. The van der Waals surface area contributed by atoms with Crippen molar-refractivity contribution >= 4 is 5.91 Å². The molecule has 1 N–H and O–H groups in total. The molecule has 1 aromatic carbocycles. The monoisotopic (exact) mass is 314 g/mol. The summed E-state index contributed by atoms with van der Waals surface area (Å²) < 4.78 is 1.54. The van der Waals surface area contributed by atoms with Crippen molar-refractivity contribution in [3.05, 3.63) is 36.2 Å². The first-order valence-electron chi connectivity index (χ1n) is 7.99. The highest BCUT2D eigenvalue weighted by atomic mass is 16.1. The maximum Gasteiger partial charge on any atom is 0.251 e. The Labute approximate surface area is 135 Å². The third-order valence-electron chi connectivity index (χ3n) is 4.32. The number of hydrogen-bond acceptors (Lipinski definition) is 5. The van der Waals surface area contributed by atoms with E-state index in [-0.39, 0.29) is 5.91 Å². The van der Waals surface area contributed by atoms with E-state index in [0.717, 1.165) is 31.7 Å². The molecule has 0 aliphatic carbocycles. The molecule has 2 heterocycles. The zero-order chi connectivity index (χ0) is 16.2. The molecule has 7 heteroatoms. The van der Waals surface area contributed by atoms with E-state index in [2.05, 4.69) is 39.6 Å². The first-order chi connectivity index (χ1) is 11.1. The number of carbonyl (C=O) groups excluding carboxylic acids is 1. The summed E-state index contributed by atoms with van der Waals surface area (Å²) in [6.45, 7) is 7.32. The number of nitrogens with one attached hydrogen (secondary N) is 1. The fourth-order valence-electron chi connectivity index (χ4n) is 2.91. The lowest BCUT2D eigenvalue weighted by atomic mass is 10.1. The van der Waals surface area contributed by atoms with E-state index in [0.29, 0.717) is 17.5 Å². The van der Waals surface area contributed by atoms with Crippen LogP contribution in [0, 0.1) is 5.92 Å². The molecule has 7 nitrogen and oxygen atoms in total. The van der Waals surface area contributed by atoms with Gasteiger partial charge in [0.1, 0.15) is 6.33 Å². The van der Waals surface area contributed by atoms with E-state index in [1.165, 1.54) is 11.0 Å². The van der Waals surface area contributed by atoms with Crippen molar-refractivity contribution in [1.29, 1.82) is 0 Å². The summed E-state index contributed by atoms with van der Waals surface area (Å²) in [6.07, 6.45) is 2.65. The van der Waals surface area contributed by atoms with E-state index >= 15 is 0 Å². The fourth-order valence-corrected chi connectivity index (χ4v) is 2.91. The number of carbonyl (C=O) groups is 1. The number of amides is 1. The lowest BCUT2D eigenvalue weighted by molar-refractivity contribution is 0.0947. The molecule has 1 unspecified atom stereocenters. The number of tetrazole rings is 1. The average Bonchev–Trinajstić information content (AvgIpc) is 3.24. The van der Waals surface area contributed by atoms with Gasteiger partial charge in [-0.25, -0.2) is 4.68 Å². The third kappa shape index (κ3) is 3.73. The molecule has 1 aliphatic rings. The van der Waals surface area contributed by atoms with Crippen LogP contribution in [0.25, 0.3) is 5.69 Å². The maximum atomic E-state index is 12.4. The molecular weight excluding hydrogens is 292 g/mol. The van der Waals surface area contributed by atoms with Crippen molar-refractivity contribution in [2.45, 2.75) is 26.3 Å². The van der Waals surface area contributed by atoms with Crippen LogP contribution >= 0.6 is 0 Å². The van der Waals surface area contributed by atoms with Gasteiger partial charge in [-0.2, -0.15) is 0 Å². The minimum absolute atomic E-state index is 0.0529. The Morgan fingerprint density at radius 2 is 2.30 bits per heavy atom. The van der Waals surface area contributed by atoms with Gasteiger partial charge in [0.15, 0.2) is 0 Å². The van der Waals surface area contributed by atoms with Gasteiger partial charge in [-0.15, -0.1) is 5.10 Å². The number of nitrogens with zero attached hydrogens (tertiary/aromatic N) is 5. The van der Waals surface area contributed by atoms with Gasteiger partial charge in [-0.1, -0.05) is 6.07 Å². The lowest BCUT2D eigenvalue weighted by Gasteiger charge is -2.20. The maximum absolute atomic E-state index is 12.4. The summed E-state index contributed by atoms with van der Waals surface area (Å²) in [4.78, 5) is 14.8. The van der Waals surface area contributed by atoms with Crippen LogP contribution in [-0.2, 0) is 0 Å². The molecule has 0 radical (unpaired) electrons. The predicted octanol–water partition coefficient (Wildman–Crippen LogP) is 1.12. The molecule has 1 saturated heterocycles. The molecule has 1 fully saturated rings. The van der Waals surface area contributed by atoms with E-state index in [1.807, 2.05) is 12.1 Å². The van der Waals surface area contributed by atoms with Crippen molar-refractivity contribution in [1.82, 2.24) is 30.4 Å². The van der Waals surface area contributed by atoms with E-state index < -0.39 is 0 Å². The number of hydrogen-bond donors (Lipinski definition) is 1. The second-order valence-electron chi connectivity index (χ2n) is 6.26. The molecule has 0 saturated carbocycles. The van der Waals surface area contributed by atoms with E-state index in [9.17, 15) is 4.79 Å². The predicted molar refractivity (Wildman–Crippen MR) is 86.3 cm³/mol. The summed E-state index contributed by atoms with van der Waals surface area (Å²) in [5.41, 5.74) is 1.39. The summed E-state index contributed by atoms with van der Waals surface area (Å²) in [5.74, 6) is 0.479. The van der Waals surface area contributed by atoms with Crippen LogP contribution in [0.4, 0.5) is 0 Å². The van der Waals surface area contributed by atoms with Gasteiger partial charge in [0.25, 0.3) is 5.91 Å². The van der Waals surface area contributed by atoms with Crippen molar-refractivity contribution in [2.24, 2.45) is 5.92 Å². The Kier molecular flexibility index (Phi) is 4.66. The summed E-state index contributed by atoms with van der Waals surface area (Å²) in [7, 11) is 0. The topological polar surface area (TPSA) is 75.9 Å². The number of likely N-dealkylation sites (tertiary alicyclic amines) is 1. The zero-order valence-corrected chi connectivity index (χ0v) is 13.5. The molecule has 122 valence electrons. The largest absolute Gasteiger partial charge is 0.352 e. The van der Waals surface area contributed by atoms with Gasteiger partial charge in [-0.3, -0.25) is 4.79 Å². The molecule has 1 aliphatic heterocycles. The van der Waals surface area contributed by atoms with Crippen LogP contribution < -0.4 is 5.32 Å². The van der Waals surface area contributed by atoms with Gasteiger partial charge in [-0.05, 0) is 61.4 Å². The first-order valence-corrected chi connectivity index (χ1v) is 7.99. The minimum Gasteiger partial charge on any atom is -0.352 e. The van der Waals surface area contributed by atoms with Crippen molar-refractivity contribution < 1.29 is 4.79 Å². The lowest BCUT2D eigenvalue weighted by Crippen LogP contribution is -2.33. The van der Waals surface area contributed by atoms with E-state index in [1.54, 1.807) is 12.1 Å². The minimum atomic E-state index is -0.0529. The van der Waals surface area contributed by atoms with Crippen LogP contribution in [0.2, 0.25) is 0 Å². The third-order valence-corrected chi connectivity index (χ3v) is 4.32. The Morgan fingerprint density at radius 3 is 3.00 bits per heavy atom. The second kappa shape index (κ2) is 6.87. The van der Waals surface area contributed by atoms with Gasteiger partial charge in [0.05, 0.1) is 5.69 Å².